The van der Waals surface area contributed by atoms with Gasteiger partial charge in [-0.2, -0.15) is 0 Å². The van der Waals surface area contributed by atoms with Crippen LogP contribution < -0.4 is 15.5 Å². The number of rotatable bonds is 6. The van der Waals surface area contributed by atoms with Crippen LogP contribution in [0, 0.1) is 0 Å². The quantitative estimate of drug-likeness (QED) is 0.831. The van der Waals surface area contributed by atoms with E-state index < -0.39 is 0 Å². The van der Waals surface area contributed by atoms with Gasteiger partial charge in [0.1, 0.15) is 0 Å². The SMILES string of the molecule is O=C(Cc1ccc(N2CCOCC2)cc1)NCC(=O)Nc1ccccc1. The zero-order chi connectivity index (χ0) is 18.2. The van der Waals surface area contributed by atoms with Crippen LogP contribution in [0.5, 0.6) is 0 Å². The number of carbonyl (C=O) groups is 2. The second-order valence-corrected chi connectivity index (χ2v) is 6.13. The molecule has 6 nitrogen and oxygen atoms in total. The third-order valence-corrected chi connectivity index (χ3v) is 4.18. The molecule has 136 valence electrons. The van der Waals surface area contributed by atoms with E-state index in [9.17, 15) is 9.59 Å². The van der Waals surface area contributed by atoms with Crippen molar-refractivity contribution >= 4 is 23.2 Å². The van der Waals surface area contributed by atoms with Crippen molar-refractivity contribution in [3.05, 3.63) is 60.2 Å². The Hall–Kier alpha value is -2.86. The van der Waals surface area contributed by atoms with E-state index in [1.54, 1.807) is 12.1 Å². The van der Waals surface area contributed by atoms with Gasteiger partial charge >= 0.3 is 0 Å². The normalized spacial score (nSPS) is 13.9. The predicted octanol–water partition coefficient (Wildman–Crippen LogP) is 1.82. The summed E-state index contributed by atoms with van der Waals surface area (Å²) in [6, 6.07) is 17.1. The average Bonchev–Trinajstić information content (AvgIpc) is 2.68. The summed E-state index contributed by atoms with van der Waals surface area (Å²) in [5, 5.41) is 5.39. The molecule has 0 saturated carbocycles. The highest BCUT2D eigenvalue weighted by atomic mass is 16.5. The molecule has 6 heteroatoms. The van der Waals surface area contributed by atoms with E-state index in [4.69, 9.17) is 4.74 Å². The van der Waals surface area contributed by atoms with E-state index in [1.165, 1.54) is 0 Å². The largest absolute Gasteiger partial charge is 0.378 e. The summed E-state index contributed by atoms with van der Waals surface area (Å²) < 4.78 is 5.35. The second kappa shape index (κ2) is 9.01. The minimum Gasteiger partial charge on any atom is -0.378 e. The topological polar surface area (TPSA) is 70.7 Å². The van der Waals surface area contributed by atoms with Crippen molar-refractivity contribution in [3.8, 4) is 0 Å². The molecule has 1 heterocycles. The molecule has 1 aliphatic rings. The third kappa shape index (κ3) is 5.32. The molecular weight excluding hydrogens is 330 g/mol. The van der Waals surface area contributed by atoms with Crippen molar-refractivity contribution < 1.29 is 14.3 Å². The van der Waals surface area contributed by atoms with E-state index in [1.807, 2.05) is 42.5 Å². The van der Waals surface area contributed by atoms with Gasteiger partial charge in [-0.25, -0.2) is 0 Å². The Balaban J connectivity index is 1.43. The smallest absolute Gasteiger partial charge is 0.243 e. The van der Waals surface area contributed by atoms with Crippen LogP contribution in [0.15, 0.2) is 54.6 Å². The number of amides is 2. The summed E-state index contributed by atoms with van der Waals surface area (Å²) in [5.41, 5.74) is 2.77. The number of ether oxygens (including phenoxy) is 1. The van der Waals surface area contributed by atoms with Gasteiger partial charge in [0.25, 0.3) is 0 Å². The van der Waals surface area contributed by atoms with Gasteiger partial charge in [0.15, 0.2) is 0 Å². The van der Waals surface area contributed by atoms with Crippen LogP contribution in [0.1, 0.15) is 5.56 Å². The van der Waals surface area contributed by atoms with E-state index in [-0.39, 0.29) is 24.8 Å². The fraction of sp³-hybridized carbons (Fsp3) is 0.300. The minimum atomic E-state index is -0.243. The van der Waals surface area contributed by atoms with Gasteiger partial charge in [-0.1, -0.05) is 30.3 Å². The highest BCUT2D eigenvalue weighted by Crippen LogP contribution is 2.16. The molecule has 0 aromatic heterocycles. The van der Waals surface area contributed by atoms with Crippen molar-refractivity contribution in [3.63, 3.8) is 0 Å². The van der Waals surface area contributed by atoms with Gasteiger partial charge in [-0.05, 0) is 29.8 Å². The van der Waals surface area contributed by atoms with E-state index >= 15 is 0 Å². The Bertz CT molecular complexity index is 726. The fourth-order valence-electron chi connectivity index (χ4n) is 2.80. The fourth-order valence-corrected chi connectivity index (χ4v) is 2.80. The van der Waals surface area contributed by atoms with Crippen LogP contribution in [-0.4, -0.2) is 44.7 Å². The maximum Gasteiger partial charge on any atom is 0.243 e. The summed E-state index contributed by atoms with van der Waals surface area (Å²) >= 11 is 0. The van der Waals surface area contributed by atoms with Gasteiger partial charge in [0, 0.05) is 24.5 Å². The highest BCUT2D eigenvalue weighted by molar-refractivity contribution is 5.94. The van der Waals surface area contributed by atoms with Crippen LogP contribution >= 0.6 is 0 Å². The molecule has 0 spiro atoms. The molecule has 0 unspecified atom stereocenters. The molecule has 1 fully saturated rings. The Labute approximate surface area is 153 Å². The third-order valence-electron chi connectivity index (χ3n) is 4.18. The van der Waals surface area contributed by atoms with E-state index in [0.29, 0.717) is 5.69 Å². The predicted molar refractivity (Wildman–Crippen MR) is 101 cm³/mol. The first kappa shape index (κ1) is 17.9. The van der Waals surface area contributed by atoms with Gasteiger partial charge in [0.2, 0.25) is 11.8 Å². The molecule has 26 heavy (non-hydrogen) atoms. The van der Waals surface area contributed by atoms with Crippen molar-refractivity contribution in [1.29, 1.82) is 0 Å². The average molecular weight is 353 g/mol. The van der Waals surface area contributed by atoms with Gasteiger partial charge in [-0.3, -0.25) is 9.59 Å². The first-order valence-corrected chi connectivity index (χ1v) is 8.74. The Morgan fingerprint density at radius 2 is 1.62 bits per heavy atom. The number of para-hydroxylation sites is 1. The number of carbonyl (C=O) groups excluding carboxylic acids is 2. The summed E-state index contributed by atoms with van der Waals surface area (Å²) in [7, 11) is 0. The number of hydrogen-bond acceptors (Lipinski definition) is 4. The molecule has 0 bridgehead atoms. The van der Waals surface area contributed by atoms with Crippen LogP contribution in [0.2, 0.25) is 0 Å². The lowest BCUT2D eigenvalue weighted by Crippen LogP contribution is -2.36. The van der Waals surface area contributed by atoms with Crippen molar-refractivity contribution in [2.24, 2.45) is 0 Å². The highest BCUT2D eigenvalue weighted by Gasteiger charge is 2.11. The number of morpholine rings is 1. The molecule has 0 radical (unpaired) electrons. The number of nitrogens with one attached hydrogen (secondary N) is 2. The molecule has 2 N–H and O–H groups in total. The molecule has 2 aromatic rings. The summed E-state index contributed by atoms with van der Waals surface area (Å²) in [5.74, 6) is -0.417. The summed E-state index contributed by atoms with van der Waals surface area (Å²) in [4.78, 5) is 26.2. The number of hydrogen-bond donors (Lipinski definition) is 2. The zero-order valence-corrected chi connectivity index (χ0v) is 14.6. The van der Waals surface area contributed by atoms with Gasteiger partial charge in [0.05, 0.1) is 26.2 Å². The lowest BCUT2D eigenvalue weighted by molar-refractivity contribution is -0.123. The lowest BCUT2D eigenvalue weighted by Gasteiger charge is -2.28. The molecule has 1 saturated heterocycles. The maximum absolute atomic E-state index is 12.0. The number of benzene rings is 2. The molecular formula is C20H23N3O3. The lowest BCUT2D eigenvalue weighted by atomic mass is 10.1. The van der Waals surface area contributed by atoms with Crippen LogP contribution in [0.25, 0.3) is 0 Å². The van der Waals surface area contributed by atoms with Gasteiger partial charge < -0.3 is 20.3 Å². The minimum absolute atomic E-state index is 0.0421. The van der Waals surface area contributed by atoms with Crippen molar-refractivity contribution in [2.45, 2.75) is 6.42 Å². The summed E-state index contributed by atoms with van der Waals surface area (Å²) in [6.45, 7) is 3.22. The van der Waals surface area contributed by atoms with Crippen molar-refractivity contribution in [2.75, 3.05) is 43.1 Å². The van der Waals surface area contributed by atoms with E-state index in [0.717, 1.165) is 37.6 Å². The molecule has 2 amide bonds. The zero-order valence-electron chi connectivity index (χ0n) is 14.6. The second-order valence-electron chi connectivity index (χ2n) is 6.13. The first-order chi connectivity index (χ1) is 12.7. The maximum atomic E-state index is 12.0. The molecule has 0 atom stereocenters. The monoisotopic (exact) mass is 353 g/mol. The standard InChI is InChI=1S/C20H23N3O3/c24-19(21-15-20(25)22-17-4-2-1-3-5-17)14-16-6-8-18(9-7-16)23-10-12-26-13-11-23/h1-9H,10-15H2,(H,21,24)(H,22,25). The molecule has 3 rings (SSSR count). The Morgan fingerprint density at radius 3 is 2.31 bits per heavy atom. The number of nitrogens with zero attached hydrogens (tertiary/aromatic N) is 1. The Kier molecular flexibility index (Phi) is 6.22. The molecule has 0 aliphatic carbocycles. The van der Waals surface area contributed by atoms with Crippen LogP contribution in [0.4, 0.5) is 11.4 Å². The van der Waals surface area contributed by atoms with Gasteiger partial charge in [-0.15, -0.1) is 0 Å². The van der Waals surface area contributed by atoms with Crippen molar-refractivity contribution in [1.82, 2.24) is 5.32 Å². The summed E-state index contributed by atoms with van der Waals surface area (Å²) in [6.07, 6.45) is 0.252. The first-order valence-electron chi connectivity index (χ1n) is 8.74. The number of anilines is 2. The van der Waals surface area contributed by atoms with E-state index in [2.05, 4.69) is 15.5 Å². The van der Waals surface area contributed by atoms with Crippen LogP contribution in [-0.2, 0) is 20.7 Å². The Morgan fingerprint density at radius 1 is 0.923 bits per heavy atom. The molecule has 1 aliphatic heterocycles. The van der Waals surface area contributed by atoms with Crippen LogP contribution in [0.3, 0.4) is 0 Å². The molecule has 2 aromatic carbocycles.